The van der Waals surface area contributed by atoms with E-state index in [1.54, 1.807) is 0 Å². The van der Waals surface area contributed by atoms with E-state index in [4.69, 9.17) is 0 Å². The lowest BCUT2D eigenvalue weighted by atomic mass is 9.94. The van der Waals surface area contributed by atoms with E-state index in [2.05, 4.69) is 29.3 Å². The van der Waals surface area contributed by atoms with Crippen LogP contribution in [-0.4, -0.2) is 37.1 Å². The van der Waals surface area contributed by atoms with Crippen LogP contribution in [0.3, 0.4) is 0 Å². The molecule has 0 aromatic carbocycles. The van der Waals surface area contributed by atoms with Crippen LogP contribution in [0.2, 0.25) is 0 Å². The number of nitrogens with zero attached hydrogens (tertiary/aromatic N) is 1. The molecule has 13 heavy (non-hydrogen) atoms. The molecule has 2 aliphatic rings. The van der Waals surface area contributed by atoms with Gasteiger partial charge in [0.05, 0.1) is 0 Å². The monoisotopic (exact) mass is 180 g/mol. The molecule has 0 spiro atoms. The molecule has 1 N–H and O–H groups in total. The zero-order valence-electron chi connectivity index (χ0n) is 8.50. The first-order valence-electron chi connectivity index (χ1n) is 5.47. The Morgan fingerprint density at radius 3 is 3.15 bits per heavy atom. The molecule has 0 bridgehead atoms. The van der Waals surface area contributed by atoms with Crippen molar-refractivity contribution < 1.29 is 0 Å². The summed E-state index contributed by atoms with van der Waals surface area (Å²) in [4.78, 5) is 2.56. The standard InChI is InChI=1S/C11H20N2/c1-2-3-7-13-8-10-5-4-6-12-11(10)9-13/h2-3,10-12H,4-9H2,1H3/b3-2+/t10-,11+/m0/s1. The highest BCUT2D eigenvalue weighted by Crippen LogP contribution is 2.24. The summed E-state index contributed by atoms with van der Waals surface area (Å²) in [6.07, 6.45) is 7.22. The van der Waals surface area contributed by atoms with Gasteiger partial charge in [0, 0.05) is 25.7 Å². The lowest BCUT2D eigenvalue weighted by molar-refractivity contribution is 0.335. The van der Waals surface area contributed by atoms with Crippen LogP contribution < -0.4 is 5.32 Å². The number of hydrogen-bond acceptors (Lipinski definition) is 2. The zero-order chi connectivity index (χ0) is 9.10. The van der Waals surface area contributed by atoms with Crippen molar-refractivity contribution in [1.82, 2.24) is 10.2 Å². The Morgan fingerprint density at radius 2 is 2.38 bits per heavy atom. The van der Waals surface area contributed by atoms with Crippen molar-refractivity contribution in [2.45, 2.75) is 25.8 Å². The summed E-state index contributed by atoms with van der Waals surface area (Å²) in [7, 11) is 0. The average molecular weight is 180 g/mol. The van der Waals surface area contributed by atoms with Gasteiger partial charge >= 0.3 is 0 Å². The molecule has 0 unspecified atom stereocenters. The van der Waals surface area contributed by atoms with Gasteiger partial charge < -0.3 is 5.32 Å². The molecule has 0 aromatic rings. The van der Waals surface area contributed by atoms with Crippen molar-refractivity contribution in [1.29, 1.82) is 0 Å². The van der Waals surface area contributed by atoms with Gasteiger partial charge in [-0.2, -0.15) is 0 Å². The van der Waals surface area contributed by atoms with Gasteiger partial charge in [0.2, 0.25) is 0 Å². The SMILES string of the molecule is C/C=C/CN1C[C@@H]2CCCN[C@@H]2C1. The predicted molar refractivity (Wildman–Crippen MR) is 55.8 cm³/mol. The topological polar surface area (TPSA) is 15.3 Å². The Morgan fingerprint density at radius 1 is 1.46 bits per heavy atom. The Labute approximate surface area is 81.0 Å². The lowest BCUT2D eigenvalue weighted by Crippen LogP contribution is -2.40. The first kappa shape index (κ1) is 9.22. The van der Waals surface area contributed by atoms with Gasteiger partial charge in [-0.3, -0.25) is 4.90 Å². The summed E-state index contributed by atoms with van der Waals surface area (Å²) in [6.45, 7) is 7.04. The highest BCUT2D eigenvalue weighted by Gasteiger charge is 2.33. The number of fused-ring (bicyclic) bond motifs is 1. The Bertz CT molecular complexity index is 175. The third-order valence-electron chi connectivity index (χ3n) is 3.27. The van der Waals surface area contributed by atoms with Gasteiger partial charge in [-0.05, 0) is 32.2 Å². The van der Waals surface area contributed by atoms with E-state index in [0.717, 1.165) is 18.5 Å². The fourth-order valence-electron chi connectivity index (χ4n) is 2.54. The van der Waals surface area contributed by atoms with Crippen molar-refractivity contribution in [2.75, 3.05) is 26.2 Å². The molecule has 2 saturated heterocycles. The highest BCUT2D eigenvalue weighted by atomic mass is 15.2. The molecule has 2 atom stereocenters. The summed E-state index contributed by atoms with van der Waals surface area (Å²) in [6, 6.07) is 0.791. The Kier molecular flexibility index (Phi) is 3.01. The first-order chi connectivity index (χ1) is 6.40. The van der Waals surface area contributed by atoms with Gasteiger partial charge in [0.25, 0.3) is 0 Å². The van der Waals surface area contributed by atoms with Crippen LogP contribution in [0, 0.1) is 5.92 Å². The average Bonchev–Trinajstić information content (AvgIpc) is 2.57. The summed E-state index contributed by atoms with van der Waals surface area (Å²) in [5.74, 6) is 0.930. The van der Waals surface area contributed by atoms with E-state index in [9.17, 15) is 0 Å². The minimum atomic E-state index is 0.791. The Balaban J connectivity index is 1.84. The van der Waals surface area contributed by atoms with Crippen molar-refractivity contribution in [3.8, 4) is 0 Å². The van der Waals surface area contributed by atoms with E-state index < -0.39 is 0 Å². The maximum atomic E-state index is 3.62. The molecular formula is C11H20N2. The number of hydrogen-bond donors (Lipinski definition) is 1. The number of rotatable bonds is 2. The lowest BCUT2D eigenvalue weighted by Gasteiger charge is -2.24. The normalized spacial score (nSPS) is 35.5. The highest BCUT2D eigenvalue weighted by molar-refractivity contribution is 4.94. The largest absolute Gasteiger partial charge is 0.312 e. The van der Waals surface area contributed by atoms with Gasteiger partial charge in [0.1, 0.15) is 0 Å². The summed E-state index contributed by atoms with van der Waals surface area (Å²) >= 11 is 0. The van der Waals surface area contributed by atoms with Gasteiger partial charge in [-0.25, -0.2) is 0 Å². The number of nitrogens with one attached hydrogen (secondary N) is 1. The van der Waals surface area contributed by atoms with E-state index in [1.807, 2.05) is 0 Å². The molecule has 2 heterocycles. The number of likely N-dealkylation sites (tertiary alicyclic amines) is 1. The third-order valence-corrected chi connectivity index (χ3v) is 3.27. The molecule has 74 valence electrons. The van der Waals surface area contributed by atoms with Gasteiger partial charge in [0.15, 0.2) is 0 Å². The summed E-state index contributed by atoms with van der Waals surface area (Å²) in [5, 5.41) is 3.62. The van der Waals surface area contributed by atoms with Gasteiger partial charge in [-0.15, -0.1) is 0 Å². The summed E-state index contributed by atoms with van der Waals surface area (Å²) in [5.41, 5.74) is 0. The molecule has 2 nitrogen and oxygen atoms in total. The zero-order valence-corrected chi connectivity index (χ0v) is 8.50. The quantitative estimate of drug-likeness (QED) is 0.643. The van der Waals surface area contributed by atoms with Crippen LogP contribution >= 0.6 is 0 Å². The fraction of sp³-hybridized carbons (Fsp3) is 0.818. The molecule has 0 aliphatic carbocycles. The molecule has 0 amide bonds. The van der Waals surface area contributed by atoms with Crippen LogP contribution in [0.1, 0.15) is 19.8 Å². The molecule has 2 heteroatoms. The van der Waals surface area contributed by atoms with E-state index >= 15 is 0 Å². The minimum Gasteiger partial charge on any atom is -0.312 e. The Hall–Kier alpha value is -0.340. The smallest absolute Gasteiger partial charge is 0.0235 e. The molecule has 0 aromatic heterocycles. The molecule has 2 rings (SSSR count). The first-order valence-corrected chi connectivity index (χ1v) is 5.47. The third kappa shape index (κ3) is 2.12. The second kappa shape index (κ2) is 4.25. The second-order valence-electron chi connectivity index (χ2n) is 4.25. The molecule has 2 aliphatic heterocycles. The van der Waals surface area contributed by atoms with Crippen molar-refractivity contribution in [2.24, 2.45) is 5.92 Å². The van der Waals surface area contributed by atoms with Crippen LogP contribution in [0.25, 0.3) is 0 Å². The minimum absolute atomic E-state index is 0.791. The van der Waals surface area contributed by atoms with E-state index in [0.29, 0.717) is 0 Å². The summed E-state index contributed by atoms with van der Waals surface area (Å²) < 4.78 is 0. The molecule has 0 radical (unpaired) electrons. The number of allylic oxidation sites excluding steroid dienone is 1. The molecular weight excluding hydrogens is 160 g/mol. The van der Waals surface area contributed by atoms with Gasteiger partial charge in [-0.1, -0.05) is 12.2 Å². The van der Waals surface area contributed by atoms with Crippen molar-refractivity contribution in [3.63, 3.8) is 0 Å². The van der Waals surface area contributed by atoms with Crippen LogP contribution in [-0.2, 0) is 0 Å². The van der Waals surface area contributed by atoms with Crippen molar-refractivity contribution >= 4 is 0 Å². The van der Waals surface area contributed by atoms with Crippen LogP contribution in [0.5, 0.6) is 0 Å². The molecule has 2 fully saturated rings. The predicted octanol–water partition coefficient (Wildman–Crippen LogP) is 1.25. The van der Waals surface area contributed by atoms with Crippen molar-refractivity contribution in [3.05, 3.63) is 12.2 Å². The van der Waals surface area contributed by atoms with E-state index in [1.165, 1.54) is 32.5 Å². The van der Waals surface area contributed by atoms with Crippen LogP contribution in [0.15, 0.2) is 12.2 Å². The van der Waals surface area contributed by atoms with E-state index in [-0.39, 0.29) is 0 Å². The maximum Gasteiger partial charge on any atom is 0.0235 e. The maximum absolute atomic E-state index is 3.62. The number of piperidine rings is 1. The second-order valence-corrected chi connectivity index (χ2v) is 4.25. The van der Waals surface area contributed by atoms with Crippen LogP contribution in [0.4, 0.5) is 0 Å². The molecule has 0 saturated carbocycles. The fourth-order valence-corrected chi connectivity index (χ4v) is 2.54.